The maximum absolute atomic E-state index is 10.3. The first-order chi connectivity index (χ1) is 9.35. The van der Waals surface area contributed by atoms with Crippen LogP contribution >= 0.6 is 0 Å². The maximum atomic E-state index is 10.3. The Morgan fingerprint density at radius 3 is 2.30 bits per heavy atom. The van der Waals surface area contributed by atoms with Crippen LogP contribution in [0.1, 0.15) is 68.2 Å². The molecule has 0 radical (unpaired) electrons. The summed E-state index contributed by atoms with van der Waals surface area (Å²) in [6.45, 7) is 10.3. The molecule has 1 aromatic rings. The van der Waals surface area contributed by atoms with Gasteiger partial charge in [-0.05, 0) is 63.3 Å². The molecule has 20 heavy (non-hydrogen) atoms. The molecule has 1 rings (SSSR count). The highest BCUT2D eigenvalue weighted by Crippen LogP contribution is 2.17. The van der Waals surface area contributed by atoms with E-state index in [4.69, 9.17) is 0 Å². The molecule has 0 aliphatic rings. The largest absolute Gasteiger partial charge is 0.378 e. The average Bonchev–Trinajstić information content (AvgIpc) is 2.37. The summed E-state index contributed by atoms with van der Waals surface area (Å²) in [5.41, 5.74) is 3.88. The summed E-state index contributed by atoms with van der Waals surface area (Å²) in [4.78, 5) is 0. The van der Waals surface area contributed by atoms with Gasteiger partial charge in [-0.15, -0.1) is 0 Å². The normalized spacial score (nSPS) is 13.5. The Hall–Kier alpha value is -1.26. The third-order valence-corrected chi connectivity index (χ3v) is 3.82. The highest BCUT2D eigenvalue weighted by atomic mass is 16.3. The van der Waals surface area contributed by atoms with Gasteiger partial charge in [0.15, 0.2) is 0 Å². The van der Waals surface area contributed by atoms with E-state index >= 15 is 0 Å². The van der Waals surface area contributed by atoms with E-state index in [-0.39, 0.29) is 0 Å². The van der Waals surface area contributed by atoms with Gasteiger partial charge in [0, 0.05) is 5.56 Å². The van der Waals surface area contributed by atoms with E-state index in [0.717, 1.165) is 18.4 Å². The summed E-state index contributed by atoms with van der Waals surface area (Å²) in [6.07, 6.45) is 5.43. The number of rotatable bonds is 5. The van der Waals surface area contributed by atoms with E-state index in [9.17, 15) is 5.11 Å². The smallest absolute Gasteiger partial charge is 0.123 e. The van der Waals surface area contributed by atoms with Crippen molar-refractivity contribution in [1.82, 2.24) is 0 Å². The van der Waals surface area contributed by atoms with Crippen LogP contribution in [0.15, 0.2) is 12.1 Å². The molecule has 0 aromatic heterocycles. The molecule has 0 fully saturated rings. The molecule has 1 aromatic carbocycles. The highest BCUT2D eigenvalue weighted by molar-refractivity contribution is 5.46. The number of aliphatic hydroxyl groups is 1. The lowest BCUT2D eigenvalue weighted by atomic mass is 9.96. The van der Waals surface area contributed by atoms with E-state index in [2.05, 4.69) is 51.7 Å². The lowest BCUT2D eigenvalue weighted by molar-refractivity contribution is 0.109. The first-order valence-corrected chi connectivity index (χ1v) is 7.69. The maximum Gasteiger partial charge on any atom is 0.123 e. The van der Waals surface area contributed by atoms with E-state index in [1.165, 1.54) is 36.0 Å². The van der Waals surface area contributed by atoms with Crippen LogP contribution in [-0.2, 0) is 0 Å². The Morgan fingerprint density at radius 1 is 1.00 bits per heavy atom. The van der Waals surface area contributed by atoms with Crippen molar-refractivity contribution in [3.05, 3.63) is 34.4 Å². The van der Waals surface area contributed by atoms with Crippen molar-refractivity contribution in [2.45, 2.75) is 72.3 Å². The van der Waals surface area contributed by atoms with Crippen molar-refractivity contribution in [3.8, 4) is 11.8 Å². The van der Waals surface area contributed by atoms with E-state index in [1.807, 2.05) is 6.92 Å². The summed E-state index contributed by atoms with van der Waals surface area (Å²) in [6, 6.07) is 4.28. The van der Waals surface area contributed by atoms with Crippen molar-refractivity contribution < 1.29 is 5.11 Å². The molecule has 1 nitrogen and oxygen atoms in total. The molecule has 0 aliphatic heterocycles. The van der Waals surface area contributed by atoms with Gasteiger partial charge in [0.1, 0.15) is 5.60 Å². The van der Waals surface area contributed by atoms with Crippen LogP contribution in [0.2, 0.25) is 0 Å². The second kappa shape index (κ2) is 7.50. The lowest BCUT2D eigenvalue weighted by Crippen LogP contribution is -2.21. The number of aryl methyl sites for hydroxylation is 3. The predicted molar refractivity (Wildman–Crippen MR) is 86.9 cm³/mol. The Morgan fingerprint density at radius 2 is 1.65 bits per heavy atom. The van der Waals surface area contributed by atoms with Crippen molar-refractivity contribution in [3.63, 3.8) is 0 Å². The fraction of sp³-hybridized carbons (Fsp3) is 0.579. The zero-order chi connectivity index (χ0) is 15.2. The van der Waals surface area contributed by atoms with Crippen LogP contribution in [0.5, 0.6) is 0 Å². The van der Waals surface area contributed by atoms with Gasteiger partial charge in [0.25, 0.3) is 0 Å². The number of benzene rings is 1. The molecule has 0 bridgehead atoms. The molecule has 110 valence electrons. The van der Waals surface area contributed by atoms with Gasteiger partial charge in [-0.25, -0.2) is 0 Å². The summed E-state index contributed by atoms with van der Waals surface area (Å²) < 4.78 is 0. The summed E-state index contributed by atoms with van der Waals surface area (Å²) in [7, 11) is 0. The van der Waals surface area contributed by atoms with Crippen molar-refractivity contribution in [2.24, 2.45) is 0 Å². The van der Waals surface area contributed by atoms with Gasteiger partial charge in [0.05, 0.1) is 0 Å². The fourth-order valence-electron chi connectivity index (χ4n) is 2.26. The standard InChI is InChI=1S/C19H28O/c1-6-7-8-9-11-19(5,20)12-10-18-14-16(3)15(2)13-17(18)4/h13-14,20H,6-9,11H2,1-5H3. The first-order valence-electron chi connectivity index (χ1n) is 7.69. The molecule has 1 atom stereocenters. The quantitative estimate of drug-likeness (QED) is 0.609. The Labute approximate surface area is 124 Å². The fourth-order valence-corrected chi connectivity index (χ4v) is 2.26. The van der Waals surface area contributed by atoms with Gasteiger partial charge in [-0.3, -0.25) is 0 Å². The molecule has 0 saturated carbocycles. The summed E-state index contributed by atoms with van der Waals surface area (Å²) >= 11 is 0. The highest BCUT2D eigenvalue weighted by Gasteiger charge is 2.15. The van der Waals surface area contributed by atoms with E-state index in [0.29, 0.717) is 0 Å². The third kappa shape index (κ3) is 5.39. The third-order valence-electron chi connectivity index (χ3n) is 3.82. The van der Waals surface area contributed by atoms with Crippen molar-refractivity contribution in [2.75, 3.05) is 0 Å². The minimum Gasteiger partial charge on any atom is -0.378 e. The van der Waals surface area contributed by atoms with Crippen LogP contribution in [0, 0.1) is 32.6 Å². The minimum absolute atomic E-state index is 0.754. The van der Waals surface area contributed by atoms with Crippen LogP contribution in [-0.4, -0.2) is 10.7 Å². The Balaban J connectivity index is 2.75. The second-order valence-corrected chi connectivity index (χ2v) is 6.09. The zero-order valence-corrected chi connectivity index (χ0v) is 13.6. The Bertz CT molecular complexity index is 500. The van der Waals surface area contributed by atoms with Crippen LogP contribution in [0.4, 0.5) is 0 Å². The lowest BCUT2D eigenvalue weighted by Gasteiger charge is -2.16. The van der Waals surface area contributed by atoms with Crippen molar-refractivity contribution >= 4 is 0 Å². The molecular weight excluding hydrogens is 244 g/mol. The SMILES string of the molecule is CCCCCCC(C)(O)C#Cc1cc(C)c(C)cc1C. The molecule has 0 saturated heterocycles. The zero-order valence-electron chi connectivity index (χ0n) is 13.6. The molecule has 0 amide bonds. The van der Waals surface area contributed by atoms with Gasteiger partial charge in [-0.2, -0.15) is 0 Å². The van der Waals surface area contributed by atoms with Crippen LogP contribution < -0.4 is 0 Å². The number of hydrogen-bond donors (Lipinski definition) is 1. The Kier molecular flexibility index (Phi) is 6.30. The molecule has 1 heteroatoms. The van der Waals surface area contributed by atoms with Gasteiger partial charge < -0.3 is 5.11 Å². The molecular formula is C19H28O. The van der Waals surface area contributed by atoms with E-state index < -0.39 is 5.60 Å². The van der Waals surface area contributed by atoms with Crippen LogP contribution in [0.25, 0.3) is 0 Å². The first kappa shape index (κ1) is 16.8. The van der Waals surface area contributed by atoms with Crippen LogP contribution in [0.3, 0.4) is 0 Å². The molecule has 0 heterocycles. The van der Waals surface area contributed by atoms with Crippen molar-refractivity contribution in [1.29, 1.82) is 0 Å². The monoisotopic (exact) mass is 272 g/mol. The van der Waals surface area contributed by atoms with Gasteiger partial charge in [0.2, 0.25) is 0 Å². The molecule has 0 spiro atoms. The second-order valence-electron chi connectivity index (χ2n) is 6.09. The number of unbranched alkanes of at least 4 members (excludes halogenated alkanes) is 3. The predicted octanol–water partition coefficient (Wildman–Crippen LogP) is 4.68. The molecule has 0 aliphatic carbocycles. The van der Waals surface area contributed by atoms with Gasteiger partial charge in [-0.1, -0.05) is 44.1 Å². The minimum atomic E-state index is -0.876. The van der Waals surface area contributed by atoms with Gasteiger partial charge >= 0.3 is 0 Å². The van der Waals surface area contributed by atoms with E-state index in [1.54, 1.807) is 0 Å². The summed E-state index contributed by atoms with van der Waals surface area (Å²) in [5, 5.41) is 10.3. The topological polar surface area (TPSA) is 20.2 Å². The number of hydrogen-bond acceptors (Lipinski definition) is 1. The molecule has 1 N–H and O–H groups in total. The summed E-state index contributed by atoms with van der Waals surface area (Å²) in [5.74, 6) is 6.21. The average molecular weight is 272 g/mol. The molecule has 1 unspecified atom stereocenters.